The Hall–Kier alpha value is -0.890. The molecule has 1 aromatic heterocycles. The molecular weight excluding hydrogens is 160 g/mol. The second-order valence-corrected chi connectivity index (χ2v) is 2.97. The highest BCUT2D eigenvalue weighted by atomic mass is 14.9. The van der Waals surface area contributed by atoms with Gasteiger partial charge in [-0.2, -0.15) is 0 Å². The normalized spacial score (nSPS) is 20.6. The highest BCUT2D eigenvalue weighted by Crippen LogP contribution is 2.20. The molecule has 1 aliphatic rings. The summed E-state index contributed by atoms with van der Waals surface area (Å²) >= 11 is 0. The van der Waals surface area contributed by atoms with Crippen LogP contribution in [0, 0.1) is 0 Å². The largest absolute Gasteiger partial charge is 0.316 e. The van der Waals surface area contributed by atoms with E-state index in [2.05, 4.69) is 22.4 Å². The summed E-state index contributed by atoms with van der Waals surface area (Å²) in [7, 11) is 0. The van der Waals surface area contributed by atoms with E-state index >= 15 is 0 Å². The SMILES string of the molecule is CC.c1cc(C2CCNC2)ccn1. The standard InChI is InChI=1S/C9H12N2.C2H6/c1-4-10-5-2-8(1)9-3-6-11-7-9;1-2/h1-2,4-5,9,11H,3,6-7H2;1-2H3. The second-order valence-electron chi connectivity index (χ2n) is 2.97. The Morgan fingerprint density at radius 3 is 2.54 bits per heavy atom. The number of hydrogen-bond acceptors (Lipinski definition) is 2. The Morgan fingerprint density at radius 2 is 2.00 bits per heavy atom. The Labute approximate surface area is 80.4 Å². The molecule has 0 bridgehead atoms. The van der Waals surface area contributed by atoms with Gasteiger partial charge in [0.2, 0.25) is 0 Å². The van der Waals surface area contributed by atoms with Gasteiger partial charge in [-0.3, -0.25) is 4.98 Å². The fourth-order valence-corrected chi connectivity index (χ4v) is 1.57. The van der Waals surface area contributed by atoms with Crippen LogP contribution in [0.2, 0.25) is 0 Å². The summed E-state index contributed by atoms with van der Waals surface area (Å²) in [6.45, 7) is 6.29. The van der Waals surface area contributed by atoms with Crippen LogP contribution in [0.1, 0.15) is 31.7 Å². The van der Waals surface area contributed by atoms with Gasteiger partial charge in [0.1, 0.15) is 0 Å². The topological polar surface area (TPSA) is 24.9 Å². The second kappa shape index (κ2) is 5.70. The lowest BCUT2D eigenvalue weighted by Gasteiger charge is -2.06. The molecule has 1 aromatic rings. The zero-order valence-electron chi connectivity index (χ0n) is 8.46. The molecule has 2 nitrogen and oxygen atoms in total. The maximum atomic E-state index is 4.00. The first-order valence-corrected chi connectivity index (χ1v) is 5.07. The highest BCUT2D eigenvalue weighted by molar-refractivity contribution is 5.17. The predicted octanol–water partition coefficient (Wildman–Crippen LogP) is 2.18. The molecule has 1 unspecified atom stereocenters. The van der Waals surface area contributed by atoms with Gasteiger partial charge in [0.15, 0.2) is 0 Å². The molecular formula is C11H18N2. The van der Waals surface area contributed by atoms with Crippen LogP contribution >= 0.6 is 0 Å². The van der Waals surface area contributed by atoms with Crippen molar-refractivity contribution in [2.24, 2.45) is 0 Å². The Bertz CT molecular complexity index is 215. The van der Waals surface area contributed by atoms with Crippen molar-refractivity contribution in [1.29, 1.82) is 0 Å². The van der Waals surface area contributed by atoms with E-state index in [9.17, 15) is 0 Å². The van der Waals surface area contributed by atoms with Crippen LogP contribution in [0.3, 0.4) is 0 Å². The van der Waals surface area contributed by atoms with Gasteiger partial charge in [0.25, 0.3) is 0 Å². The average Bonchev–Trinajstić information content (AvgIpc) is 2.75. The van der Waals surface area contributed by atoms with Crippen LogP contribution < -0.4 is 5.32 Å². The van der Waals surface area contributed by atoms with Gasteiger partial charge in [0, 0.05) is 18.9 Å². The molecule has 0 aliphatic carbocycles. The van der Waals surface area contributed by atoms with E-state index in [1.54, 1.807) is 0 Å². The van der Waals surface area contributed by atoms with Gasteiger partial charge in [-0.25, -0.2) is 0 Å². The van der Waals surface area contributed by atoms with Crippen molar-refractivity contribution >= 4 is 0 Å². The minimum atomic E-state index is 0.720. The van der Waals surface area contributed by atoms with E-state index in [4.69, 9.17) is 0 Å². The molecule has 1 aliphatic heterocycles. The number of nitrogens with one attached hydrogen (secondary N) is 1. The lowest BCUT2D eigenvalue weighted by atomic mass is 10.0. The maximum Gasteiger partial charge on any atom is 0.0270 e. The maximum absolute atomic E-state index is 4.00. The zero-order valence-corrected chi connectivity index (χ0v) is 8.46. The number of rotatable bonds is 1. The van der Waals surface area contributed by atoms with E-state index < -0.39 is 0 Å². The summed E-state index contributed by atoms with van der Waals surface area (Å²) in [6, 6.07) is 4.22. The van der Waals surface area contributed by atoms with Crippen LogP contribution in [0.15, 0.2) is 24.5 Å². The van der Waals surface area contributed by atoms with Crippen LogP contribution in [0.5, 0.6) is 0 Å². The molecule has 1 atom stereocenters. The third-order valence-corrected chi connectivity index (χ3v) is 2.24. The molecule has 0 radical (unpaired) electrons. The van der Waals surface area contributed by atoms with Gasteiger partial charge in [-0.15, -0.1) is 0 Å². The van der Waals surface area contributed by atoms with Crippen molar-refractivity contribution in [3.63, 3.8) is 0 Å². The van der Waals surface area contributed by atoms with Crippen LogP contribution in [0.4, 0.5) is 0 Å². The van der Waals surface area contributed by atoms with Gasteiger partial charge >= 0.3 is 0 Å². The van der Waals surface area contributed by atoms with Crippen molar-refractivity contribution < 1.29 is 0 Å². The number of aromatic nitrogens is 1. The molecule has 0 saturated carbocycles. The highest BCUT2D eigenvalue weighted by Gasteiger charge is 2.15. The lowest BCUT2D eigenvalue weighted by molar-refractivity contribution is 0.761. The van der Waals surface area contributed by atoms with E-state index in [0.29, 0.717) is 0 Å². The van der Waals surface area contributed by atoms with Crippen molar-refractivity contribution in [3.8, 4) is 0 Å². The first-order valence-electron chi connectivity index (χ1n) is 5.07. The van der Waals surface area contributed by atoms with Gasteiger partial charge < -0.3 is 5.32 Å². The summed E-state index contributed by atoms with van der Waals surface area (Å²) in [6.07, 6.45) is 5.01. The van der Waals surface area contributed by atoms with Crippen molar-refractivity contribution in [2.75, 3.05) is 13.1 Å². The van der Waals surface area contributed by atoms with Crippen molar-refractivity contribution in [1.82, 2.24) is 10.3 Å². The van der Waals surface area contributed by atoms with Crippen LogP contribution in [0.25, 0.3) is 0 Å². The summed E-state index contributed by atoms with van der Waals surface area (Å²) < 4.78 is 0. The molecule has 1 N–H and O–H groups in total. The van der Waals surface area contributed by atoms with E-state index in [1.165, 1.54) is 12.0 Å². The summed E-state index contributed by atoms with van der Waals surface area (Å²) in [5.41, 5.74) is 1.42. The minimum Gasteiger partial charge on any atom is -0.316 e. The zero-order chi connectivity index (χ0) is 9.52. The average molecular weight is 178 g/mol. The third kappa shape index (κ3) is 2.81. The third-order valence-electron chi connectivity index (χ3n) is 2.24. The Balaban J connectivity index is 0.000000396. The molecule has 72 valence electrons. The molecule has 0 aromatic carbocycles. The predicted molar refractivity (Wildman–Crippen MR) is 55.8 cm³/mol. The minimum absolute atomic E-state index is 0.720. The van der Waals surface area contributed by atoms with E-state index in [0.717, 1.165) is 19.0 Å². The number of pyridine rings is 1. The van der Waals surface area contributed by atoms with Gasteiger partial charge in [0.05, 0.1) is 0 Å². The summed E-state index contributed by atoms with van der Waals surface area (Å²) in [4.78, 5) is 4.00. The smallest absolute Gasteiger partial charge is 0.0270 e. The molecule has 2 heterocycles. The summed E-state index contributed by atoms with van der Waals surface area (Å²) in [5, 5.41) is 3.35. The molecule has 0 amide bonds. The van der Waals surface area contributed by atoms with Gasteiger partial charge in [-0.1, -0.05) is 13.8 Å². The molecule has 2 heteroatoms. The number of hydrogen-bond donors (Lipinski definition) is 1. The lowest BCUT2D eigenvalue weighted by Crippen LogP contribution is -2.07. The van der Waals surface area contributed by atoms with Crippen molar-refractivity contribution in [2.45, 2.75) is 26.2 Å². The number of nitrogens with zero attached hydrogens (tertiary/aromatic N) is 1. The molecule has 0 spiro atoms. The van der Waals surface area contributed by atoms with E-state index in [-0.39, 0.29) is 0 Å². The molecule has 2 rings (SSSR count). The summed E-state index contributed by atoms with van der Waals surface area (Å²) in [5.74, 6) is 0.720. The first kappa shape index (κ1) is 10.2. The van der Waals surface area contributed by atoms with E-state index in [1.807, 2.05) is 26.2 Å². The monoisotopic (exact) mass is 178 g/mol. The van der Waals surface area contributed by atoms with Crippen LogP contribution in [-0.2, 0) is 0 Å². The van der Waals surface area contributed by atoms with Crippen molar-refractivity contribution in [3.05, 3.63) is 30.1 Å². The fraction of sp³-hybridized carbons (Fsp3) is 0.545. The van der Waals surface area contributed by atoms with Gasteiger partial charge in [-0.05, 0) is 36.6 Å². The quantitative estimate of drug-likeness (QED) is 0.713. The van der Waals surface area contributed by atoms with Crippen LogP contribution in [-0.4, -0.2) is 18.1 Å². The Kier molecular flexibility index (Phi) is 4.47. The molecule has 1 saturated heterocycles. The molecule has 1 fully saturated rings. The fourth-order valence-electron chi connectivity index (χ4n) is 1.57. The Morgan fingerprint density at radius 1 is 1.31 bits per heavy atom. The first-order chi connectivity index (χ1) is 6.47. The molecule has 13 heavy (non-hydrogen) atoms.